The molecule has 3 N–H and O–H groups in total. The van der Waals surface area contributed by atoms with E-state index in [1.807, 2.05) is 36.4 Å². The predicted molar refractivity (Wildman–Crippen MR) is 76.2 cm³/mol. The van der Waals surface area contributed by atoms with E-state index in [0.717, 1.165) is 30.1 Å². The molecule has 2 aromatic rings. The van der Waals surface area contributed by atoms with Gasteiger partial charge in [-0.2, -0.15) is 0 Å². The predicted octanol–water partition coefficient (Wildman–Crippen LogP) is 3.20. The summed E-state index contributed by atoms with van der Waals surface area (Å²) in [6.07, 6.45) is 0.897. The van der Waals surface area contributed by atoms with Gasteiger partial charge < -0.3 is 15.8 Å². The van der Waals surface area contributed by atoms with Crippen LogP contribution in [0.3, 0.4) is 0 Å². The van der Waals surface area contributed by atoms with E-state index in [4.69, 9.17) is 10.5 Å². The van der Waals surface area contributed by atoms with Crippen molar-refractivity contribution in [1.82, 2.24) is 0 Å². The van der Waals surface area contributed by atoms with Gasteiger partial charge in [-0.3, -0.25) is 0 Å². The van der Waals surface area contributed by atoms with Gasteiger partial charge in [0.1, 0.15) is 0 Å². The van der Waals surface area contributed by atoms with Gasteiger partial charge in [0.25, 0.3) is 0 Å². The molecule has 3 nitrogen and oxygen atoms in total. The van der Waals surface area contributed by atoms with Crippen LogP contribution < -0.4 is 11.1 Å². The number of anilines is 3. The van der Waals surface area contributed by atoms with Gasteiger partial charge in [-0.15, -0.1) is 0 Å². The molecule has 18 heavy (non-hydrogen) atoms. The molecule has 0 fully saturated rings. The third kappa shape index (κ3) is 3.25. The summed E-state index contributed by atoms with van der Waals surface area (Å²) < 4.78 is 5.12. The van der Waals surface area contributed by atoms with Gasteiger partial charge in [0.05, 0.1) is 6.61 Å². The smallest absolute Gasteiger partial charge is 0.0503 e. The molecule has 0 aliphatic carbocycles. The van der Waals surface area contributed by atoms with E-state index >= 15 is 0 Å². The fourth-order valence-electron chi connectivity index (χ4n) is 1.79. The first kappa shape index (κ1) is 12.5. The highest BCUT2D eigenvalue weighted by Gasteiger charge is 2.01. The van der Waals surface area contributed by atoms with Crippen LogP contribution in [0.25, 0.3) is 0 Å². The lowest BCUT2D eigenvalue weighted by Crippen LogP contribution is -2.00. The molecule has 0 spiro atoms. The quantitative estimate of drug-likeness (QED) is 0.791. The topological polar surface area (TPSA) is 47.3 Å². The summed E-state index contributed by atoms with van der Waals surface area (Å²) in [7, 11) is 1.72. The Morgan fingerprint density at radius 1 is 1.06 bits per heavy atom. The van der Waals surface area contributed by atoms with Gasteiger partial charge >= 0.3 is 0 Å². The van der Waals surface area contributed by atoms with Crippen LogP contribution in [0.1, 0.15) is 5.56 Å². The number of ether oxygens (including phenoxy) is 1. The fourth-order valence-corrected chi connectivity index (χ4v) is 1.79. The third-order valence-electron chi connectivity index (χ3n) is 2.78. The number of nitrogen functional groups attached to an aromatic ring is 1. The van der Waals surface area contributed by atoms with Crippen LogP contribution in [0.5, 0.6) is 0 Å². The van der Waals surface area contributed by atoms with Crippen molar-refractivity contribution in [3.8, 4) is 0 Å². The lowest BCUT2D eigenvalue weighted by atomic mass is 10.1. The zero-order valence-electron chi connectivity index (χ0n) is 10.5. The van der Waals surface area contributed by atoms with Crippen molar-refractivity contribution in [2.75, 3.05) is 24.8 Å². The van der Waals surface area contributed by atoms with Gasteiger partial charge in [-0.05, 0) is 42.3 Å². The molecule has 0 heterocycles. The van der Waals surface area contributed by atoms with Crippen LogP contribution in [-0.2, 0) is 11.2 Å². The maximum Gasteiger partial charge on any atom is 0.0503 e. The largest absolute Gasteiger partial charge is 0.399 e. The molecule has 3 heteroatoms. The lowest BCUT2D eigenvalue weighted by Gasteiger charge is -2.12. The zero-order valence-corrected chi connectivity index (χ0v) is 10.5. The minimum absolute atomic E-state index is 0.723. The molecule has 0 unspecified atom stereocenters. The fraction of sp³-hybridized carbons (Fsp3) is 0.200. The Balaban J connectivity index is 2.15. The van der Waals surface area contributed by atoms with E-state index < -0.39 is 0 Å². The maximum absolute atomic E-state index is 5.67. The Morgan fingerprint density at radius 2 is 1.78 bits per heavy atom. The summed E-state index contributed by atoms with van der Waals surface area (Å²) >= 11 is 0. The Kier molecular flexibility index (Phi) is 4.20. The molecule has 2 aromatic carbocycles. The first-order valence-corrected chi connectivity index (χ1v) is 5.99. The molecule has 0 radical (unpaired) electrons. The molecule has 0 saturated heterocycles. The van der Waals surface area contributed by atoms with Crippen LogP contribution in [0.2, 0.25) is 0 Å². The number of nitrogens with two attached hydrogens (primary N) is 1. The van der Waals surface area contributed by atoms with Crippen molar-refractivity contribution in [2.45, 2.75) is 6.42 Å². The second kappa shape index (κ2) is 6.07. The van der Waals surface area contributed by atoms with E-state index in [-0.39, 0.29) is 0 Å². The Labute approximate surface area is 108 Å². The van der Waals surface area contributed by atoms with E-state index in [2.05, 4.69) is 17.4 Å². The summed E-state index contributed by atoms with van der Waals surface area (Å²) in [5, 5.41) is 3.40. The number of benzene rings is 2. The number of para-hydroxylation sites is 1. The normalized spacial score (nSPS) is 10.3. The summed E-state index contributed by atoms with van der Waals surface area (Å²) in [4.78, 5) is 0. The minimum Gasteiger partial charge on any atom is -0.399 e. The third-order valence-corrected chi connectivity index (χ3v) is 2.78. The second-order valence-electron chi connectivity index (χ2n) is 4.15. The molecule has 0 atom stereocenters. The van der Waals surface area contributed by atoms with Crippen molar-refractivity contribution in [2.24, 2.45) is 0 Å². The second-order valence-corrected chi connectivity index (χ2v) is 4.15. The summed E-state index contributed by atoms with van der Waals surface area (Å²) in [6.45, 7) is 0.723. The number of hydrogen-bond donors (Lipinski definition) is 2. The van der Waals surface area contributed by atoms with Gasteiger partial charge in [-0.1, -0.05) is 18.2 Å². The standard InChI is InChI=1S/C15H18N2O/c1-18-11-10-12-4-2-3-5-15(12)17-14-8-6-13(16)7-9-14/h2-9,17H,10-11,16H2,1H3. The highest BCUT2D eigenvalue weighted by atomic mass is 16.5. The number of nitrogens with one attached hydrogen (secondary N) is 1. The first-order valence-electron chi connectivity index (χ1n) is 5.99. The molecule has 0 saturated carbocycles. The minimum atomic E-state index is 0.723. The molecular weight excluding hydrogens is 224 g/mol. The van der Waals surface area contributed by atoms with Crippen LogP contribution >= 0.6 is 0 Å². The maximum atomic E-state index is 5.67. The van der Waals surface area contributed by atoms with Crippen molar-refractivity contribution >= 4 is 17.1 Å². The van der Waals surface area contributed by atoms with E-state index in [1.165, 1.54) is 5.56 Å². The number of methoxy groups -OCH3 is 1. The Bertz CT molecular complexity index is 494. The van der Waals surface area contributed by atoms with Crippen LogP contribution in [-0.4, -0.2) is 13.7 Å². The highest BCUT2D eigenvalue weighted by Crippen LogP contribution is 2.22. The first-order chi connectivity index (χ1) is 8.79. The van der Waals surface area contributed by atoms with Crippen LogP contribution in [0.15, 0.2) is 48.5 Å². The monoisotopic (exact) mass is 242 g/mol. The zero-order chi connectivity index (χ0) is 12.8. The molecule has 94 valence electrons. The van der Waals surface area contributed by atoms with Crippen molar-refractivity contribution in [1.29, 1.82) is 0 Å². The van der Waals surface area contributed by atoms with Gasteiger partial charge in [0.2, 0.25) is 0 Å². The molecule has 0 bridgehead atoms. The number of hydrogen-bond acceptors (Lipinski definition) is 3. The van der Waals surface area contributed by atoms with Crippen LogP contribution in [0, 0.1) is 0 Å². The lowest BCUT2D eigenvalue weighted by molar-refractivity contribution is 0.202. The Morgan fingerprint density at radius 3 is 2.50 bits per heavy atom. The average Bonchev–Trinajstić information content (AvgIpc) is 2.40. The Hall–Kier alpha value is -2.00. The molecule has 0 aliphatic heterocycles. The van der Waals surface area contributed by atoms with E-state index in [9.17, 15) is 0 Å². The van der Waals surface area contributed by atoms with Crippen molar-refractivity contribution in [3.05, 3.63) is 54.1 Å². The molecular formula is C15H18N2O. The molecule has 0 aromatic heterocycles. The van der Waals surface area contributed by atoms with Crippen molar-refractivity contribution < 1.29 is 4.74 Å². The van der Waals surface area contributed by atoms with E-state index in [1.54, 1.807) is 7.11 Å². The molecule has 0 aliphatic rings. The van der Waals surface area contributed by atoms with Crippen LogP contribution in [0.4, 0.5) is 17.1 Å². The summed E-state index contributed by atoms with van der Waals surface area (Å²) in [5.41, 5.74) is 9.84. The van der Waals surface area contributed by atoms with Gasteiger partial charge in [0, 0.05) is 24.2 Å². The molecule has 0 amide bonds. The molecule has 2 rings (SSSR count). The summed E-state index contributed by atoms with van der Waals surface area (Å²) in [5.74, 6) is 0. The summed E-state index contributed by atoms with van der Waals surface area (Å²) in [6, 6.07) is 16.0. The van der Waals surface area contributed by atoms with Crippen molar-refractivity contribution in [3.63, 3.8) is 0 Å². The highest BCUT2D eigenvalue weighted by molar-refractivity contribution is 5.64. The number of rotatable bonds is 5. The van der Waals surface area contributed by atoms with E-state index in [0.29, 0.717) is 0 Å². The van der Waals surface area contributed by atoms with Gasteiger partial charge in [-0.25, -0.2) is 0 Å². The SMILES string of the molecule is COCCc1ccccc1Nc1ccc(N)cc1. The van der Waals surface area contributed by atoms with Gasteiger partial charge in [0.15, 0.2) is 0 Å². The average molecular weight is 242 g/mol.